The number of carbonyl (C=O) groups is 2. The number of hydrogen-bond donors (Lipinski definition) is 0. The fraction of sp³-hybridized carbons (Fsp3) is 0.810. The van der Waals surface area contributed by atoms with Gasteiger partial charge in [0.1, 0.15) is 0 Å². The average molecular weight is 397 g/mol. The Balaban J connectivity index is 0.000000188. The molecule has 0 bridgehead atoms. The fourth-order valence-corrected chi connectivity index (χ4v) is 3.06. The van der Waals surface area contributed by atoms with Crippen LogP contribution in [0.5, 0.6) is 0 Å². The van der Waals surface area contributed by atoms with Crippen molar-refractivity contribution in [2.75, 3.05) is 80.7 Å². The number of amides is 2. The first-order valence-electron chi connectivity index (χ1n) is 10.5. The Morgan fingerprint density at radius 2 is 0.964 bits per heavy atom. The van der Waals surface area contributed by atoms with E-state index < -0.39 is 0 Å². The number of likely N-dealkylation sites (tertiary alicyclic amines) is 2. The van der Waals surface area contributed by atoms with Crippen LogP contribution in [0.1, 0.15) is 32.1 Å². The molecule has 162 valence electrons. The number of likely N-dealkylation sites (N-methyl/N-ethyl adjacent to an activating group) is 2. The number of piperidine rings is 1. The highest BCUT2D eigenvalue weighted by atomic mass is 16.5. The third-order valence-electron chi connectivity index (χ3n) is 5.17. The summed E-state index contributed by atoms with van der Waals surface area (Å²) in [5, 5.41) is 0. The van der Waals surface area contributed by atoms with Gasteiger partial charge in [-0.2, -0.15) is 0 Å². The van der Waals surface area contributed by atoms with Gasteiger partial charge in [-0.15, -0.1) is 0 Å². The molecule has 0 N–H and O–H groups in total. The molecule has 0 spiro atoms. The third-order valence-corrected chi connectivity index (χ3v) is 5.17. The second-order valence-corrected chi connectivity index (χ2v) is 7.86. The van der Waals surface area contributed by atoms with E-state index in [0.29, 0.717) is 0 Å². The molecule has 0 aromatic heterocycles. The van der Waals surface area contributed by atoms with E-state index in [1.54, 1.807) is 0 Å². The van der Waals surface area contributed by atoms with Gasteiger partial charge in [-0.05, 0) is 73.0 Å². The number of imide groups is 1. The molecule has 3 saturated heterocycles. The first kappa shape index (κ1) is 24.8. The quantitative estimate of drug-likeness (QED) is 0.576. The molecular formula is C21H40N4O3. The van der Waals surface area contributed by atoms with Crippen molar-refractivity contribution in [1.29, 1.82) is 0 Å². The van der Waals surface area contributed by atoms with Crippen LogP contribution in [0.4, 0.5) is 0 Å². The highest BCUT2D eigenvalue weighted by molar-refractivity contribution is 6.12. The molecule has 4 rings (SSSR count). The Morgan fingerprint density at radius 1 is 0.607 bits per heavy atom. The summed E-state index contributed by atoms with van der Waals surface area (Å²) >= 11 is 0. The van der Waals surface area contributed by atoms with E-state index in [1.807, 2.05) is 0 Å². The summed E-state index contributed by atoms with van der Waals surface area (Å²) in [6, 6.07) is 0. The van der Waals surface area contributed by atoms with E-state index in [1.165, 1.54) is 77.5 Å². The normalized spacial score (nSPS) is 23.4. The summed E-state index contributed by atoms with van der Waals surface area (Å²) in [7, 11) is 7.93. The minimum Gasteiger partial charge on any atom is -0.379 e. The molecule has 7 nitrogen and oxygen atoms in total. The number of rotatable bonds is 0. The second-order valence-electron chi connectivity index (χ2n) is 7.86. The zero-order valence-electron chi connectivity index (χ0n) is 18.4. The molecule has 0 aromatic rings. The number of morpholine rings is 1. The van der Waals surface area contributed by atoms with Crippen LogP contribution in [0.15, 0.2) is 12.2 Å². The summed E-state index contributed by atoms with van der Waals surface area (Å²) in [5.41, 5.74) is 0. The van der Waals surface area contributed by atoms with Crippen molar-refractivity contribution >= 4 is 11.8 Å². The zero-order valence-corrected chi connectivity index (χ0v) is 18.4. The van der Waals surface area contributed by atoms with Gasteiger partial charge < -0.3 is 19.4 Å². The average Bonchev–Trinajstić information content (AvgIpc) is 3.29. The Bertz CT molecular complexity index is 432. The van der Waals surface area contributed by atoms with E-state index in [-0.39, 0.29) is 11.8 Å². The van der Waals surface area contributed by atoms with Gasteiger partial charge in [0.2, 0.25) is 0 Å². The number of nitrogens with zero attached hydrogens (tertiary/aromatic N) is 4. The summed E-state index contributed by atoms with van der Waals surface area (Å²) in [4.78, 5) is 28.9. The molecule has 4 aliphatic rings. The largest absolute Gasteiger partial charge is 0.379 e. The van der Waals surface area contributed by atoms with Crippen molar-refractivity contribution in [3.05, 3.63) is 12.2 Å². The summed E-state index contributed by atoms with van der Waals surface area (Å²) in [6.07, 6.45) is 9.61. The minimum absolute atomic E-state index is 0.241. The zero-order chi connectivity index (χ0) is 20.8. The molecule has 4 aliphatic heterocycles. The fourth-order valence-electron chi connectivity index (χ4n) is 3.06. The van der Waals surface area contributed by atoms with Crippen molar-refractivity contribution in [2.45, 2.75) is 32.1 Å². The van der Waals surface area contributed by atoms with Crippen LogP contribution < -0.4 is 0 Å². The van der Waals surface area contributed by atoms with Crippen LogP contribution in [-0.4, -0.2) is 112 Å². The SMILES string of the molecule is CN1C(=O)C=CC1=O.CN1CCCC1.CN1CCCCC1.CN1CCOCC1. The van der Waals surface area contributed by atoms with E-state index >= 15 is 0 Å². The van der Waals surface area contributed by atoms with Crippen molar-refractivity contribution in [3.63, 3.8) is 0 Å². The summed E-state index contributed by atoms with van der Waals surface area (Å²) < 4.78 is 5.10. The topological polar surface area (TPSA) is 56.3 Å². The molecule has 7 heteroatoms. The van der Waals surface area contributed by atoms with Gasteiger partial charge >= 0.3 is 0 Å². The van der Waals surface area contributed by atoms with Gasteiger partial charge in [0, 0.05) is 32.3 Å². The van der Waals surface area contributed by atoms with Crippen LogP contribution in [0, 0.1) is 0 Å². The van der Waals surface area contributed by atoms with Crippen molar-refractivity contribution in [3.8, 4) is 0 Å². The molecule has 0 saturated carbocycles. The lowest BCUT2D eigenvalue weighted by atomic mass is 10.1. The third kappa shape index (κ3) is 11.5. The molecule has 0 radical (unpaired) electrons. The number of hydrogen-bond acceptors (Lipinski definition) is 6. The standard InChI is InChI=1S/C6H13N.C5H5NO2.C5H11NO.C5H11N/c1-7-5-3-2-4-6-7;1-6-4(7)2-3-5(6)8;1-6-2-4-7-5-3-6;1-6-4-2-3-5-6/h2-6H2,1H3;2-3H,1H3;2-5H2,1H3;2-5H2,1H3. The lowest BCUT2D eigenvalue weighted by Gasteiger charge is -2.21. The van der Waals surface area contributed by atoms with Crippen molar-refractivity contribution in [2.24, 2.45) is 0 Å². The molecule has 4 heterocycles. The highest BCUT2D eigenvalue weighted by Gasteiger charge is 2.17. The highest BCUT2D eigenvalue weighted by Crippen LogP contribution is 2.04. The molecule has 0 atom stereocenters. The van der Waals surface area contributed by atoms with Gasteiger partial charge in [0.05, 0.1) is 13.2 Å². The maximum atomic E-state index is 10.4. The molecule has 2 amide bonds. The smallest absolute Gasteiger partial charge is 0.253 e. The molecule has 0 aromatic carbocycles. The van der Waals surface area contributed by atoms with Crippen LogP contribution in [-0.2, 0) is 14.3 Å². The molecule has 3 fully saturated rings. The van der Waals surface area contributed by atoms with Crippen LogP contribution in [0.25, 0.3) is 0 Å². The minimum atomic E-state index is -0.241. The van der Waals surface area contributed by atoms with E-state index in [4.69, 9.17) is 4.74 Å². The van der Waals surface area contributed by atoms with Crippen LogP contribution >= 0.6 is 0 Å². The Hall–Kier alpha value is -1.28. The predicted molar refractivity (Wildman–Crippen MR) is 113 cm³/mol. The maximum absolute atomic E-state index is 10.4. The van der Waals surface area contributed by atoms with Gasteiger partial charge in [0.15, 0.2) is 0 Å². The predicted octanol–water partition coefficient (Wildman–Crippen LogP) is 1.30. The Labute approximate surface area is 171 Å². The second kappa shape index (κ2) is 14.7. The first-order chi connectivity index (χ1) is 13.4. The number of ether oxygens (including phenoxy) is 1. The molecule has 28 heavy (non-hydrogen) atoms. The summed E-state index contributed by atoms with van der Waals surface area (Å²) in [5.74, 6) is -0.481. The monoisotopic (exact) mass is 396 g/mol. The lowest BCUT2D eigenvalue weighted by Crippen LogP contribution is -2.32. The van der Waals surface area contributed by atoms with Crippen molar-refractivity contribution < 1.29 is 14.3 Å². The Morgan fingerprint density at radius 3 is 1.14 bits per heavy atom. The maximum Gasteiger partial charge on any atom is 0.253 e. The van der Waals surface area contributed by atoms with Gasteiger partial charge in [-0.3, -0.25) is 14.5 Å². The van der Waals surface area contributed by atoms with E-state index in [2.05, 4.69) is 35.8 Å². The summed E-state index contributed by atoms with van der Waals surface area (Å²) in [6.45, 7) is 9.30. The van der Waals surface area contributed by atoms with Gasteiger partial charge in [0.25, 0.3) is 11.8 Å². The molecule has 0 aliphatic carbocycles. The Kier molecular flexibility index (Phi) is 13.0. The van der Waals surface area contributed by atoms with Crippen LogP contribution in [0.3, 0.4) is 0 Å². The first-order valence-corrected chi connectivity index (χ1v) is 10.5. The van der Waals surface area contributed by atoms with Crippen molar-refractivity contribution in [1.82, 2.24) is 19.6 Å². The molecule has 0 unspecified atom stereocenters. The van der Waals surface area contributed by atoms with Crippen LogP contribution in [0.2, 0.25) is 0 Å². The lowest BCUT2D eigenvalue weighted by molar-refractivity contribution is -0.135. The molecular weight excluding hydrogens is 356 g/mol. The van der Waals surface area contributed by atoms with Gasteiger partial charge in [-0.25, -0.2) is 0 Å². The van der Waals surface area contributed by atoms with E-state index in [0.717, 1.165) is 31.2 Å². The van der Waals surface area contributed by atoms with Gasteiger partial charge in [-0.1, -0.05) is 6.42 Å². The van der Waals surface area contributed by atoms with E-state index in [9.17, 15) is 9.59 Å². The number of carbonyl (C=O) groups excluding carboxylic acids is 2.